The Morgan fingerprint density at radius 3 is 2.19 bits per heavy atom. The fourth-order valence-corrected chi connectivity index (χ4v) is 12.1. The Kier molecular flexibility index (Phi) is 8.38. The maximum atomic E-state index is 13.2. The fraction of sp³-hybridized carbons (Fsp3) is 0.333. The molecule has 7 rings (SSSR count). The number of nitrogen functional groups attached to an aromatic ring is 1. The van der Waals surface area contributed by atoms with E-state index in [0.29, 0.717) is 12.2 Å². The molecule has 0 radical (unpaired) electrons. The molecule has 5 atom stereocenters. The lowest BCUT2D eigenvalue weighted by molar-refractivity contribution is -0.218. The number of hydrogen-bond acceptors (Lipinski definition) is 7. The largest absolute Gasteiger partial charge is 0.404 e. The van der Waals surface area contributed by atoms with E-state index in [4.69, 9.17) is 24.4 Å². The van der Waals surface area contributed by atoms with Crippen molar-refractivity contribution in [3.05, 3.63) is 131 Å². The number of nitrogens with zero attached hydrogens (tertiary/aromatic N) is 2. The number of nitrogens with two attached hydrogens (primary N) is 1. The first-order valence-corrected chi connectivity index (χ1v) is 18.5. The number of aromatic nitrogens is 2. The van der Waals surface area contributed by atoms with Crippen LogP contribution in [0, 0.1) is 6.92 Å². The number of ether oxygens (including phenoxy) is 3. The van der Waals surface area contributed by atoms with Gasteiger partial charge in [-0.3, -0.25) is 4.57 Å². The van der Waals surface area contributed by atoms with Crippen LogP contribution in [0.15, 0.2) is 114 Å². The zero-order chi connectivity index (χ0) is 33.7. The van der Waals surface area contributed by atoms with Gasteiger partial charge in [0.25, 0.3) is 8.32 Å². The zero-order valence-corrected chi connectivity index (χ0v) is 29.1. The molecule has 2 bridgehead atoms. The molecule has 0 amide bonds. The van der Waals surface area contributed by atoms with Crippen molar-refractivity contribution in [2.45, 2.75) is 76.4 Å². The molecule has 48 heavy (non-hydrogen) atoms. The number of rotatable bonds is 9. The second-order valence-corrected chi connectivity index (χ2v) is 18.4. The van der Waals surface area contributed by atoms with Gasteiger partial charge in [-0.2, -0.15) is 4.98 Å². The second-order valence-electron chi connectivity index (χ2n) is 14.1. The summed E-state index contributed by atoms with van der Waals surface area (Å²) in [5.74, 6) is 0.197. The van der Waals surface area contributed by atoms with Crippen LogP contribution < -0.4 is 21.8 Å². The van der Waals surface area contributed by atoms with Crippen LogP contribution in [-0.2, 0) is 25.2 Å². The highest BCUT2D eigenvalue weighted by atomic mass is 28.4. The van der Waals surface area contributed by atoms with Crippen molar-refractivity contribution < 1.29 is 18.6 Å². The van der Waals surface area contributed by atoms with Crippen molar-refractivity contribution in [2.75, 3.05) is 12.3 Å². The van der Waals surface area contributed by atoms with Crippen molar-refractivity contribution in [2.24, 2.45) is 0 Å². The van der Waals surface area contributed by atoms with E-state index in [1.165, 1.54) is 20.3 Å². The molecule has 0 spiro atoms. The quantitative estimate of drug-likeness (QED) is 0.208. The third-order valence-corrected chi connectivity index (χ3v) is 15.1. The van der Waals surface area contributed by atoms with Crippen LogP contribution in [0.2, 0.25) is 5.04 Å². The van der Waals surface area contributed by atoms with Crippen LogP contribution in [-0.4, -0.2) is 48.4 Å². The first kappa shape index (κ1) is 32.4. The standard InChI is InChI=1S/C39H43N3O5Si/c1-26-23-42(37(43)41-35(26)40)36-33-34(44-24-28-20-21-29-14-12-13-15-30(29)22-28)39(47-36,27(2)46-33)25-45-48(38(3,4)5,31-16-8-6-9-17-31)32-18-10-7-11-19-32/h6-23,27,33-34,36H,24-25H2,1-5H3,(H2,40,41,43)/t27-,33+,34-,36+,39-/m0/s1. The van der Waals surface area contributed by atoms with Gasteiger partial charge in [0.05, 0.1) is 19.3 Å². The van der Waals surface area contributed by atoms with Gasteiger partial charge in [0.1, 0.15) is 23.6 Å². The van der Waals surface area contributed by atoms with E-state index < -0.39 is 38.0 Å². The van der Waals surface area contributed by atoms with Gasteiger partial charge in [0.15, 0.2) is 6.23 Å². The van der Waals surface area contributed by atoms with Gasteiger partial charge >= 0.3 is 5.69 Å². The summed E-state index contributed by atoms with van der Waals surface area (Å²) in [6.07, 6.45) is -0.569. The fourth-order valence-electron chi connectivity index (χ4n) is 7.55. The van der Waals surface area contributed by atoms with Crippen molar-refractivity contribution in [1.82, 2.24) is 9.55 Å². The van der Waals surface area contributed by atoms with E-state index >= 15 is 0 Å². The van der Waals surface area contributed by atoms with Gasteiger partial charge in [-0.05, 0) is 51.7 Å². The summed E-state index contributed by atoms with van der Waals surface area (Å²) < 4.78 is 29.4. The molecule has 1 aromatic heterocycles. The van der Waals surface area contributed by atoms with E-state index in [1.54, 1.807) is 6.20 Å². The Bertz CT molecular complexity index is 1940. The van der Waals surface area contributed by atoms with Crippen LogP contribution >= 0.6 is 0 Å². The smallest absolute Gasteiger partial charge is 0.351 e. The van der Waals surface area contributed by atoms with E-state index in [-0.39, 0.29) is 23.6 Å². The monoisotopic (exact) mass is 661 g/mol. The van der Waals surface area contributed by atoms with E-state index in [9.17, 15) is 4.79 Å². The van der Waals surface area contributed by atoms with Crippen molar-refractivity contribution in [3.63, 3.8) is 0 Å². The van der Waals surface area contributed by atoms with Crippen molar-refractivity contribution >= 4 is 35.3 Å². The molecular weight excluding hydrogens is 619 g/mol. The lowest BCUT2D eigenvalue weighted by Gasteiger charge is -2.46. The Balaban J connectivity index is 1.30. The maximum absolute atomic E-state index is 13.2. The van der Waals surface area contributed by atoms with E-state index in [1.807, 2.05) is 38.1 Å². The minimum atomic E-state index is -2.96. The highest BCUT2D eigenvalue weighted by molar-refractivity contribution is 6.99. The third kappa shape index (κ3) is 5.40. The van der Waals surface area contributed by atoms with Crippen LogP contribution in [0.25, 0.3) is 10.8 Å². The molecule has 248 valence electrons. The highest BCUT2D eigenvalue weighted by Crippen LogP contribution is 2.51. The molecule has 5 aromatic rings. The van der Waals surface area contributed by atoms with Gasteiger partial charge in [-0.1, -0.05) is 118 Å². The summed E-state index contributed by atoms with van der Waals surface area (Å²) in [7, 11) is -2.96. The predicted octanol–water partition coefficient (Wildman–Crippen LogP) is 5.50. The summed E-state index contributed by atoms with van der Waals surface area (Å²) in [5, 5.41) is 4.40. The lowest BCUT2D eigenvalue weighted by atomic mass is 9.94. The van der Waals surface area contributed by atoms with Crippen molar-refractivity contribution in [1.29, 1.82) is 0 Å². The summed E-state index contributed by atoms with van der Waals surface area (Å²) >= 11 is 0. The van der Waals surface area contributed by atoms with Gasteiger partial charge in [-0.25, -0.2) is 4.79 Å². The molecule has 4 aromatic carbocycles. The van der Waals surface area contributed by atoms with Gasteiger partial charge < -0.3 is 24.4 Å². The van der Waals surface area contributed by atoms with Gasteiger partial charge in [0.2, 0.25) is 0 Å². The van der Waals surface area contributed by atoms with Gasteiger partial charge in [0, 0.05) is 11.8 Å². The Morgan fingerprint density at radius 1 is 0.917 bits per heavy atom. The molecule has 0 unspecified atom stereocenters. The number of aryl methyl sites for hydroxylation is 1. The molecule has 9 heteroatoms. The summed E-state index contributed by atoms with van der Waals surface area (Å²) in [4.78, 5) is 17.3. The SMILES string of the molecule is Cc1cn([C@@H]2O[C@@]3(CO[Si](c4ccccc4)(c4ccccc4)C(C)(C)C)[C@H](C)O[C@@H]2[C@@H]3OCc2ccc3ccccc3c2)c(=O)nc1N. The lowest BCUT2D eigenvalue weighted by Crippen LogP contribution is -2.68. The molecule has 3 heterocycles. The average molecular weight is 662 g/mol. The first-order valence-electron chi connectivity index (χ1n) is 16.6. The van der Waals surface area contributed by atoms with Crippen LogP contribution in [0.4, 0.5) is 5.82 Å². The second kappa shape index (κ2) is 12.4. The summed E-state index contributed by atoms with van der Waals surface area (Å²) in [5.41, 5.74) is 6.20. The normalized spacial score (nSPS) is 23.9. The van der Waals surface area contributed by atoms with Crippen LogP contribution in [0.3, 0.4) is 0 Å². The molecule has 0 aliphatic carbocycles. The molecule has 8 nitrogen and oxygen atoms in total. The number of anilines is 1. The van der Waals surface area contributed by atoms with Crippen LogP contribution in [0.5, 0.6) is 0 Å². The molecule has 2 aliphatic heterocycles. The Labute approximate surface area is 282 Å². The minimum absolute atomic E-state index is 0.197. The average Bonchev–Trinajstić information content (AvgIpc) is 3.53. The topological polar surface area (TPSA) is 97.8 Å². The highest BCUT2D eigenvalue weighted by Gasteiger charge is 2.68. The van der Waals surface area contributed by atoms with Crippen molar-refractivity contribution in [3.8, 4) is 0 Å². The number of benzene rings is 4. The van der Waals surface area contributed by atoms with E-state index in [0.717, 1.165) is 10.9 Å². The number of fused-ring (bicyclic) bond motifs is 3. The molecule has 2 saturated heterocycles. The first-order chi connectivity index (χ1) is 23.0. The van der Waals surface area contributed by atoms with Crippen LogP contribution in [0.1, 0.15) is 45.0 Å². The summed E-state index contributed by atoms with van der Waals surface area (Å²) in [6.45, 7) is 11.1. The molecule has 2 N–H and O–H groups in total. The summed E-state index contributed by atoms with van der Waals surface area (Å²) in [6, 6.07) is 35.7. The molecular formula is C39H43N3O5Si. The van der Waals surface area contributed by atoms with Gasteiger partial charge in [-0.15, -0.1) is 0 Å². The van der Waals surface area contributed by atoms with E-state index in [2.05, 4.69) is 105 Å². The maximum Gasteiger partial charge on any atom is 0.351 e. The molecule has 2 aliphatic rings. The Hall–Kier alpha value is -4.12. The molecule has 2 fully saturated rings. The zero-order valence-electron chi connectivity index (χ0n) is 28.1. The Morgan fingerprint density at radius 2 is 1.54 bits per heavy atom. The number of hydrogen-bond donors (Lipinski definition) is 1. The minimum Gasteiger partial charge on any atom is -0.404 e. The third-order valence-electron chi connectivity index (χ3n) is 10.1. The molecule has 0 saturated carbocycles. The predicted molar refractivity (Wildman–Crippen MR) is 191 cm³/mol.